The van der Waals surface area contributed by atoms with Gasteiger partial charge in [-0.2, -0.15) is 0 Å². The monoisotopic (exact) mass is 290 g/mol. The van der Waals surface area contributed by atoms with Crippen LogP contribution in [-0.2, 0) is 0 Å². The molecule has 0 aliphatic carbocycles. The molecule has 4 heterocycles. The van der Waals surface area contributed by atoms with Gasteiger partial charge in [-0.05, 0) is 25.8 Å². The minimum absolute atomic E-state index is 0.636. The third-order valence-corrected chi connectivity index (χ3v) is 5.25. The SMILES string of the molecule is O=Cc1c(N2CCCN3CCCC3C2)nc2sccn12. The van der Waals surface area contributed by atoms with Crippen LogP contribution in [0, 0.1) is 0 Å². The Hall–Kier alpha value is -1.40. The van der Waals surface area contributed by atoms with Gasteiger partial charge in [0, 0.05) is 37.3 Å². The van der Waals surface area contributed by atoms with Crippen molar-refractivity contribution in [3.8, 4) is 0 Å². The summed E-state index contributed by atoms with van der Waals surface area (Å²) in [6.45, 7) is 4.42. The molecule has 0 aromatic carbocycles. The average Bonchev–Trinajstić information content (AvgIpc) is 3.11. The van der Waals surface area contributed by atoms with E-state index in [1.165, 1.54) is 25.9 Å². The van der Waals surface area contributed by atoms with Gasteiger partial charge in [0.2, 0.25) is 0 Å². The van der Waals surface area contributed by atoms with E-state index in [-0.39, 0.29) is 0 Å². The van der Waals surface area contributed by atoms with Gasteiger partial charge in [-0.15, -0.1) is 11.3 Å². The van der Waals surface area contributed by atoms with Crippen LogP contribution < -0.4 is 4.90 Å². The molecule has 0 radical (unpaired) electrons. The maximum absolute atomic E-state index is 11.5. The van der Waals surface area contributed by atoms with E-state index in [0.29, 0.717) is 11.7 Å². The number of imidazole rings is 1. The zero-order valence-electron chi connectivity index (χ0n) is 11.4. The summed E-state index contributed by atoms with van der Waals surface area (Å²) in [5.41, 5.74) is 0.702. The first kappa shape index (κ1) is 12.3. The van der Waals surface area contributed by atoms with E-state index in [1.54, 1.807) is 11.3 Å². The van der Waals surface area contributed by atoms with Gasteiger partial charge in [0.05, 0.1) is 0 Å². The van der Waals surface area contributed by atoms with Crippen LogP contribution in [-0.4, -0.2) is 52.8 Å². The summed E-state index contributed by atoms with van der Waals surface area (Å²) in [7, 11) is 0. The molecule has 2 fully saturated rings. The van der Waals surface area contributed by atoms with Crippen molar-refractivity contribution in [3.63, 3.8) is 0 Å². The highest BCUT2D eigenvalue weighted by Gasteiger charge is 2.30. The minimum Gasteiger partial charge on any atom is -0.353 e. The lowest BCUT2D eigenvalue weighted by atomic mass is 10.2. The fourth-order valence-electron chi connectivity index (χ4n) is 3.53. The number of hydrogen-bond donors (Lipinski definition) is 0. The Morgan fingerprint density at radius 2 is 2.20 bits per heavy atom. The van der Waals surface area contributed by atoms with E-state index in [0.717, 1.165) is 36.6 Å². The molecule has 2 aromatic rings. The molecule has 5 nitrogen and oxygen atoms in total. The van der Waals surface area contributed by atoms with Crippen molar-refractivity contribution < 1.29 is 4.79 Å². The van der Waals surface area contributed by atoms with Gasteiger partial charge in [0.15, 0.2) is 17.1 Å². The lowest BCUT2D eigenvalue weighted by Gasteiger charge is -2.25. The molecule has 4 rings (SSSR count). The molecule has 0 saturated carbocycles. The van der Waals surface area contributed by atoms with Gasteiger partial charge in [-0.3, -0.25) is 14.1 Å². The molecule has 1 atom stereocenters. The largest absolute Gasteiger partial charge is 0.353 e. The number of aromatic nitrogens is 2. The third kappa shape index (κ3) is 1.86. The standard InChI is InChI=1S/C14H18N4OS/c19-10-12-13(15-14-18(12)7-8-20-14)17-6-2-5-16-4-1-3-11(16)9-17/h7-8,10-11H,1-6,9H2. The topological polar surface area (TPSA) is 40.9 Å². The second-order valence-electron chi connectivity index (χ2n) is 5.63. The van der Waals surface area contributed by atoms with E-state index in [4.69, 9.17) is 0 Å². The highest BCUT2D eigenvalue weighted by atomic mass is 32.1. The predicted octanol–water partition coefficient (Wildman–Crippen LogP) is 1.88. The Morgan fingerprint density at radius 1 is 1.30 bits per heavy atom. The molecule has 2 saturated heterocycles. The van der Waals surface area contributed by atoms with Gasteiger partial charge < -0.3 is 4.90 Å². The smallest absolute Gasteiger partial charge is 0.196 e. The van der Waals surface area contributed by atoms with Crippen molar-refractivity contribution in [1.29, 1.82) is 0 Å². The number of thiazole rings is 1. The van der Waals surface area contributed by atoms with E-state index >= 15 is 0 Å². The molecule has 0 amide bonds. The molecule has 0 N–H and O–H groups in total. The number of carbonyl (C=O) groups is 1. The predicted molar refractivity (Wildman–Crippen MR) is 79.9 cm³/mol. The summed E-state index contributed by atoms with van der Waals surface area (Å²) in [6, 6.07) is 0.636. The van der Waals surface area contributed by atoms with Gasteiger partial charge in [0.1, 0.15) is 5.69 Å². The van der Waals surface area contributed by atoms with Crippen molar-refractivity contribution in [2.24, 2.45) is 0 Å². The summed E-state index contributed by atoms with van der Waals surface area (Å²) in [5.74, 6) is 0.876. The Morgan fingerprint density at radius 3 is 3.10 bits per heavy atom. The van der Waals surface area contributed by atoms with Crippen molar-refractivity contribution in [2.75, 3.05) is 31.1 Å². The first-order valence-corrected chi connectivity index (χ1v) is 8.14. The zero-order chi connectivity index (χ0) is 13.5. The van der Waals surface area contributed by atoms with E-state index in [9.17, 15) is 4.79 Å². The fourth-order valence-corrected chi connectivity index (χ4v) is 4.25. The highest BCUT2D eigenvalue weighted by molar-refractivity contribution is 7.15. The Labute approximate surface area is 121 Å². The Balaban J connectivity index is 1.70. The molecule has 0 spiro atoms. The summed E-state index contributed by atoms with van der Waals surface area (Å²) >= 11 is 1.58. The third-order valence-electron chi connectivity index (χ3n) is 4.49. The van der Waals surface area contributed by atoms with Crippen molar-refractivity contribution in [1.82, 2.24) is 14.3 Å². The van der Waals surface area contributed by atoms with Crippen LogP contribution in [0.4, 0.5) is 5.82 Å². The van der Waals surface area contributed by atoms with Crippen LogP contribution in [0.2, 0.25) is 0 Å². The molecule has 0 bridgehead atoms. The molecular formula is C14H18N4OS. The van der Waals surface area contributed by atoms with Gasteiger partial charge in [0.25, 0.3) is 0 Å². The fraction of sp³-hybridized carbons (Fsp3) is 0.571. The normalized spacial score (nSPS) is 24.0. The second kappa shape index (κ2) is 4.86. The maximum Gasteiger partial charge on any atom is 0.196 e. The van der Waals surface area contributed by atoms with Crippen LogP contribution in [0.15, 0.2) is 11.6 Å². The quantitative estimate of drug-likeness (QED) is 0.792. The molecule has 6 heteroatoms. The van der Waals surface area contributed by atoms with Gasteiger partial charge in [-0.1, -0.05) is 0 Å². The Bertz CT molecular complexity index is 634. The summed E-state index contributed by atoms with van der Waals surface area (Å²) in [5, 5.41) is 1.97. The van der Waals surface area contributed by atoms with Crippen molar-refractivity contribution in [3.05, 3.63) is 17.3 Å². The van der Waals surface area contributed by atoms with Gasteiger partial charge in [-0.25, -0.2) is 4.98 Å². The molecule has 1 unspecified atom stereocenters. The number of fused-ring (bicyclic) bond motifs is 2. The number of carbonyl (C=O) groups excluding carboxylic acids is 1. The molecular weight excluding hydrogens is 272 g/mol. The molecule has 20 heavy (non-hydrogen) atoms. The zero-order valence-corrected chi connectivity index (χ0v) is 12.2. The summed E-state index contributed by atoms with van der Waals surface area (Å²) < 4.78 is 1.91. The van der Waals surface area contributed by atoms with Crippen LogP contribution in [0.5, 0.6) is 0 Å². The lowest BCUT2D eigenvalue weighted by molar-refractivity contribution is 0.111. The molecule has 2 aliphatic rings. The van der Waals surface area contributed by atoms with E-state index < -0.39 is 0 Å². The number of nitrogens with zero attached hydrogens (tertiary/aromatic N) is 4. The summed E-state index contributed by atoms with van der Waals surface area (Å²) in [6.07, 6.45) is 6.60. The van der Waals surface area contributed by atoms with Crippen LogP contribution in [0.25, 0.3) is 4.96 Å². The number of rotatable bonds is 2. The average molecular weight is 290 g/mol. The van der Waals surface area contributed by atoms with Gasteiger partial charge >= 0.3 is 0 Å². The first-order valence-electron chi connectivity index (χ1n) is 7.26. The number of anilines is 1. The molecule has 2 aromatic heterocycles. The summed E-state index contributed by atoms with van der Waals surface area (Å²) in [4.78, 5) is 22.0. The van der Waals surface area contributed by atoms with Crippen molar-refractivity contribution in [2.45, 2.75) is 25.3 Å². The highest BCUT2D eigenvalue weighted by Crippen LogP contribution is 2.28. The molecule has 106 valence electrons. The number of aldehydes is 1. The van der Waals surface area contributed by atoms with Crippen molar-refractivity contribution >= 4 is 28.4 Å². The van der Waals surface area contributed by atoms with E-state index in [2.05, 4.69) is 14.8 Å². The maximum atomic E-state index is 11.5. The van der Waals surface area contributed by atoms with Crippen LogP contribution in [0.1, 0.15) is 29.8 Å². The second-order valence-corrected chi connectivity index (χ2v) is 6.50. The number of hydrogen-bond acceptors (Lipinski definition) is 5. The minimum atomic E-state index is 0.636. The van der Waals surface area contributed by atoms with E-state index in [1.807, 2.05) is 16.0 Å². The lowest BCUT2D eigenvalue weighted by Crippen LogP contribution is -2.37. The molecule has 2 aliphatic heterocycles. The Kier molecular flexibility index (Phi) is 3.00. The van der Waals surface area contributed by atoms with Crippen LogP contribution >= 0.6 is 11.3 Å². The van der Waals surface area contributed by atoms with Crippen LogP contribution in [0.3, 0.4) is 0 Å². The first-order chi connectivity index (χ1) is 9.86.